The molecule has 2 aromatic rings. The molecule has 2 N–H and O–H groups in total. The maximum atomic E-state index is 11.8. The predicted octanol–water partition coefficient (Wildman–Crippen LogP) is 1.80. The Kier molecular flexibility index (Phi) is 5.14. The van der Waals surface area contributed by atoms with Crippen molar-refractivity contribution >= 4 is 34.7 Å². The van der Waals surface area contributed by atoms with Gasteiger partial charge >= 0.3 is 0 Å². The summed E-state index contributed by atoms with van der Waals surface area (Å²) in [6.07, 6.45) is 3.08. The van der Waals surface area contributed by atoms with Gasteiger partial charge < -0.3 is 9.47 Å². The minimum absolute atomic E-state index is 0.353. The predicted molar refractivity (Wildman–Crippen MR) is 85.9 cm³/mol. The number of hydrogen-bond acceptors (Lipinski definition) is 5. The van der Waals surface area contributed by atoms with E-state index in [1.165, 1.54) is 6.21 Å². The molecule has 0 radical (unpaired) electrons. The second-order valence-corrected chi connectivity index (χ2v) is 5.07. The Bertz CT molecular complexity index is 669. The molecular weight excluding hydrogens is 387 g/mol. The highest BCUT2D eigenvalue weighted by Gasteiger charge is 2.10. The third kappa shape index (κ3) is 3.72. The number of amides is 1. The van der Waals surface area contributed by atoms with Gasteiger partial charge in [-0.2, -0.15) is 10.2 Å². The number of rotatable bonds is 5. The number of hydrogen-bond donors (Lipinski definition) is 2. The molecule has 7 nitrogen and oxygen atoms in total. The van der Waals surface area contributed by atoms with Gasteiger partial charge in [-0.1, -0.05) is 0 Å². The fourth-order valence-corrected chi connectivity index (χ4v) is 2.09. The molecule has 1 amide bonds. The Morgan fingerprint density at radius 2 is 2.14 bits per heavy atom. The number of ether oxygens (including phenoxy) is 2. The number of carbonyl (C=O) groups excluding carboxylic acids is 1. The number of halogens is 1. The van der Waals surface area contributed by atoms with E-state index in [9.17, 15) is 4.79 Å². The van der Waals surface area contributed by atoms with Crippen LogP contribution in [0.1, 0.15) is 16.1 Å². The molecule has 0 bridgehead atoms. The number of nitrogens with zero attached hydrogens (tertiary/aromatic N) is 2. The summed E-state index contributed by atoms with van der Waals surface area (Å²) >= 11 is 2.01. The third-order valence-corrected chi connectivity index (χ3v) is 3.43. The lowest BCUT2D eigenvalue weighted by Crippen LogP contribution is -2.19. The molecule has 0 unspecified atom stereocenters. The van der Waals surface area contributed by atoms with Crippen LogP contribution in [0.3, 0.4) is 0 Å². The lowest BCUT2D eigenvalue weighted by Gasteiger charge is -2.07. The SMILES string of the molecule is COc1ccc(C=NNC(=O)c2[nH]ncc2I)cc1OC. The summed E-state index contributed by atoms with van der Waals surface area (Å²) in [5.74, 6) is 0.871. The molecule has 0 aliphatic rings. The van der Waals surface area contributed by atoms with Crippen LogP contribution in [-0.4, -0.2) is 36.5 Å². The molecule has 0 fully saturated rings. The fraction of sp³-hybridized carbons (Fsp3) is 0.154. The van der Waals surface area contributed by atoms with Crippen LogP contribution in [0.5, 0.6) is 11.5 Å². The van der Waals surface area contributed by atoms with Crippen molar-refractivity contribution in [1.82, 2.24) is 15.6 Å². The highest BCUT2D eigenvalue weighted by atomic mass is 127. The zero-order valence-electron chi connectivity index (χ0n) is 11.4. The van der Waals surface area contributed by atoms with Crippen LogP contribution in [0.4, 0.5) is 0 Å². The fourth-order valence-electron chi connectivity index (χ4n) is 1.59. The lowest BCUT2D eigenvalue weighted by molar-refractivity contribution is 0.0949. The van der Waals surface area contributed by atoms with E-state index in [2.05, 4.69) is 20.7 Å². The molecule has 0 atom stereocenters. The molecule has 1 aromatic carbocycles. The molecule has 2 rings (SSSR count). The van der Waals surface area contributed by atoms with Gasteiger partial charge in [0.1, 0.15) is 5.69 Å². The van der Waals surface area contributed by atoms with E-state index in [1.54, 1.807) is 38.6 Å². The third-order valence-electron chi connectivity index (χ3n) is 2.61. The first-order valence-corrected chi connectivity index (χ1v) is 6.98. The van der Waals surface area contributed by atoms with Gasteiger partial charge in [-0.25, -0.2) is 5.43 Å². The smallest absolute Gasteiger partial charge is 0.290 e. The number of carbonyl (C=O) groups is 1. The van der Waals surface area contributed by atoms with E-state index in [4.69, 9.17) is 9.47 Å². The summed E-state index contributed by atoms with van der Waals surface area (Å²) in [5, 5.41) is 10.3. The highest BCUT2D eigenvalue weighted by Crippen LogP contribution is 2.26. The monoisotopic (exact) mass is 400 g/mol. The van der Waals surface area contributed by atoms with Crippen molar-refractivity contribution in [2.45, 2.75) is 0 Å². The van der Waals surface area contributed by atoms with Crippen molar-refractivity contribution in [1.29, 1.82) is 0 Å². The van der Waals surface area contributed by atoms with Crippen LogP contribution in [0.15, 0.2) is 29.5 Å². The Morgan fingerprint density at radius 3 is 2.76 bits per heavy atom. The zero-order chi connectivity index (χ0) is 15.2. The van der Waals surface area contributed by atoms with Gasteiger partial charge in [-0.05, 0) is 46.4 Å². The molecule has 0 saturated heterocycles. The Hall–Kier alpha value is -2.10. The number of hydrazone groups is 1. The van der Waals surface area contributed by atoms with Gasteiger partial charge in [0.2, 0.25) is 0 Å². The Balaban J connectivity index is 2.05. The number of H-pyrrole nitrogens is 1. The van der Waals surface area contributed by atoms with Crippen LogP contribution in [0.25, 0.3) is 0 Å². The summed E-state index contributed by atoms with van der Waals surface area (Å²) in [4.78, 5) is 11.8. The number of methoxy groups -OCH3 is 2. The Morgan fingerprint density at radius 1 is 1.38 bits per heavy atom. The molecule has 21 heavy (non-hydrogen) atoms. The lowest BCUT2D eigenvalue weighted by atomic mass is 10.2. The summed E-state index contributed by atoms with van der Waals surface area (Å²) < 4.78 is 11.1. The largest absolute Gasteiger partial charge is 0.493 e. The average molecular weight is 400 g/mol. The summed E-state index contributed by atoms with van der Waals surface area (Å²) in [6.45, 7) is 0. The minimum Gasteiger partial charge on any atom is -0.493 e. The quantitative estimate of drug-likeness (QED) is 0.455. The summed E-state index contributed by atoms with van der Waals surface area (Å²) in [6, 6.07) is 5.32. The van der Waals surface area contributed by atoms with Gasteiger partial charge in [-0.3, -0.25) is 9.89 Å². The Labute approximate surface area is 134 Å². The molecule has 0 spiro atoms. The maximum Gasteiger partial charge on any atom is 0.290 e. The second-order valence-electron chi connectivity index (χ2n) is 3.91. The topological polar surface area (TPSA) is 88.6 Å². The molecule has 8 heteroatoms. The van der Waals surface area contributed by atoms with Crippen LogP contribution < -0.4 is 14.9 Å². The average Bonchev–Trinajstić information content (AvgIpc) is 2.93. The first-order chi connectivity index (χ1) is 10.2. The van der Waals surface area contributed by atoms with Crippen molar-refractivity contribution in [3.63, 3.8) is 0 Å². The van der Waals surface area contributed by atoms with E-state index < -0.39 is 0 Å². The number of benzene rings is 1. The van der Waals surface area contributed by atoms with Crippen molar-refractivity contribution in [3.8, 4) is 11.5 Å². The normalized spacial score (nSPS) is 10.6. The van der Waals surface area contributed by atoms with Crippen molar-refractivity contribution < 1.29 is 14.3 Å². The van der Waals surface area contributed by atoms with E-state index in [0.29, 0.717) is 17.2 Å². The van der Waals surface area contributed by atoms with Crippen molar-refractivity contribution in [2.75, 3.05) is 14.2 Å². The van der Waals surface area contributed by atoms with Crippen molar-refractivity contribution in [2.24, 2.45) is 5.10 Å². The number of nitrogens with one attached hydrogen (secondary N) is 2. The van der Waals surface area contributed by atoms with Gasteiger partial charge in [0.15, 0.2) is 11.5 Å². The summed E-state index contributed by atoms with van der Waals surface area (Å²) in [5.41, 5.74) is 3.57. The highest BCUT2D eigenvalue weighted by molar-refractivity contribution is 14.1. The molecule has 0 saturated carbocycles. The van der Waals surface area contributed by atoms with Crippen LogP contribution in [-0.2, 0) is 0 Å². The van der Waals surface area contributed by atoms with Gasteiger partial charge in [0.25, 0.3) is 5.91 Å². The van der Waals surface area contributed by atoms with Crippen molar-refractivity contribution in [3.05, 3.63) is 39.2 Å². The van der Waals surface area contributed by atoms with Gasteiger partial charge in [0.05, 0.1) is 30.2 Å². The molecule has 0 aliphatic carbocycles. The van der Waals surface area contributed by atoms with Crippen LogP contribution in [0.2, 0.25) is 0 Å². The number of aromatic amines is 1. The first-order valence-electron chi connectivity index (χ1n) is 5.90. The molecule has 0 aliphatic heterocycles. The van der Waals surface area contributed by atoms with Gasteiger partial charge in [0, 0.05) is 0 Å². The van der Waals surface area contributed by atoms with Gasteiger partial charge in [-0.15, -0.1) is 0 Å². The molecule has 110 valence electrons. The minimum atomic E-state index is -0.353. The van der Waals surface area contributed by atoms with E-state index in [1.807, 2.05) is 22.6 Å². The van der Waals surface area contributed by atoms with E-state index in [0.717, 1.165) is 9.13 Å². The zero-order valence-corrected chi connectivity index (χ0v) is 13.5. The number of aromatic nitrogens is 2. The molecule has 1 aromatic heterocycles. The van der Waals surface area contributed by atoms with E-state index in [-0.39, 0.29) is 5.91 Å². The molecular formula is C13H13IN4O3. The first kappa shape index (κ1) is 15.3. The second kappa shape index (κ2) is 7.07. The standard InChI is InChI=1S/C13H13IN4O3/c1-20-10-4-3-8(5-11(10)21-2)6-15-18-13(19)12-9(14)7-16-17-12/h3-7H,1-2H3,(H,16,17)(H,18,19). The van der Waals surface area contributed by atoms with Crippen LogP contribution in [0, 0.1) is 3.57 Å². The van der Waals surface area contributed by atoms with E-state index >= 15 is 0 Å². The summed E-state index contributed by atoms with van der Waals surface area (Å²) in [7, 11) is 3.12. The van der Waals surface area contributed by atoms with Crippen LogP contribution >= 0.6 is 22.6 Å². The molecule has 1 heterocycles. The maximum absolute atomic E-state index is 11.8.